The predicted octanol–water partition coefficient (Wildman–Crippen LogP) is 3.98. The van der Waals surface area contributed by atoms with Crippen LogP contribution in [-0.4, -0.2) is 24.2 Å². The summed E-state index contributed by atoms with van der Waals surface area (Å²) < 4.78 is 10.9. The maximum Gasteiger partial charge on any atom is 0.357 e. The molecule has 0 radical (unpaired) electrons. The molecule has 1 aromatic heterocycles. The Morgan fingerprint density at radius 3 is 2.75 bits per heavy atom. The first kappa shape index (κ1) is 15.4. The molecule has 1 aliphatic rings. The van der Waals surface area contributed by atoms with Gasteiger partial charge in [0.25, 0.3) is 0 Å². The monoisotopic (exact) mass is 297 g/mol. The third-order valence-corrected chi connectivity index (χ3v) is 4.58. The van der Waals surface area contributed by atoms with Crippen molar-refractivity contribution in [1.29, 1.82) is 0 Å². The maximum absolute atomic E-state index is 11.7. The van der Waals surface area contributed by atoms with Gasteiger partial charge >= 0.3 is 5.97 Å². The summed E-state index contributed by atoms with van der Waals surface area (Å²) in [7, 11) is 0. The van der Waals surface area contributed by atoms with Gasteiger partial charge in [0.05, 0.1) is 6.61 Å². The van der Waals surface area contributed by atoms with Gasteiger partial charge in [-0.1, -0.05) is 19.3 Å². The molecule has 5 heteroatoms. The van der Waals surface area contributed by atoms with E-state index in [1.807, 2.05) is 6.92 Å². The first-order valence-electron chi connectivity index (χ1n) is 7.50. The van der Waals surface area contributed by atoms with Gasteiger partial charge in [-0.15, -0.1) is 11.3 Å². The SMILES string of the molecule is CCOC(=O)c1csc(C(OCC)C2CCCCC2)n1. The van der Waals surface area contributed by atoms with E-state index in [9.17, 15) is 4.79 Å². The van der Waals surface area contributed by atoms with Crippen LogP contribution in [0.4, 0.5) is 0 Å². The van der Waals surface area contributed by atoms with Gasteiger partial charge in [-0.2, -0.15) is 0 Å². The predicted molar refractivity (Wildman–Crippen MR) is 79.0 cm³/mol. The molecule has 1 atom stereocenters. The Morgan fingerprint density at radius 1 is 1.35 bits per heavy atom. The number of ether oxygens (including phenoxy) is 2. The molecule has 0 spiro atoms. The number of hydrogen-bond donors (Lipinski definition) is 0. The number of esters is 1. The summed E-state index contributed by atoms with van der Waals surface area (Å²) in [6, 6.07) is 0. The molecule has 20 heavy (non-hydrogen) atoms. The second-order valence-electron chi connectivity index (χ2n) is 5.07. The normalized spacial score (nSPS) is 17.9. The fourth-order valence-corrected chi connectivity index (χ4v) is 3.67. The molecule has 0 bridgehead atoms. The Balaban J connectivity index is 2.10. The van der Waals surface area contributed by atoms with Crippen LogP contribution in [-0.2, 0) is 9.47 Å². The van der Waals surface area contributed by atoms with Crippen molar-refractivity contribution >= 4 is 17.3 Å². The minimum atomic E-state index is -0.339. The molecule has 0 aliphatic heterocycles. The molecule has 0 aromatic carbocycles. The zero-order valence-electron chi connectivity index (χ0n) is 12.3. The van der Waals surface area contributed by atoms with Crippen molar-refractivity contribution in [2.24, 2.45) is 5.92 Å². The molecule has 4 nitrogen and oxygen atoms in total. The van der Waals surface area contributed by atoms with Crippen LogP contribution in [0.2, 0.25) is 0 Å². The molecule has 2 rings (SSSR count). The maximum atomic E-state index is 11.7. The quantitative estimate of drug-likeness (QED) is 0.745. The largest absolute Gasteiger partial charge is 0.461 e. The van der Waals surface area contributed by atoms with Crippen LogP contribution in [0.3, 0.4) is 0 Å². The summed E-state index contributed by atoms with van der Waals surface area (Å²) in [4.78, 5) is 16.1. The number of carbonyl (C=O) groups excluding carboxylic acids is 1. The number of nitrogens with zero attached hydrogens (tertiary/aromatic N) is 1. The van der Waals surface area contributed by atoms with Crippen molar-refractivity contribution < 1.29 is 14.3 Å². The molecule has 1 saturated carbocycles. The first-order valence-corrected chi connectivity index (χ1v) is 8.38. The lowest BCUT2D eigenvalue weighted by Crippen LogP contribution is -2.19. The number of carbonyl (C=O) groups is 1. The molecule has 0 amide bonds. The van der Waals surface area contributed by atoms with E-state index in [2.05, 4.69) is 4.98 Å². The molecular weight excluding hydrogens is 274 g/mol. The fraction of sp³-hybridized carbons (Fsp3) is 0.733. The van der Waals surface area contributed by atoms with Crippen LogP contribution >= 0.6 is 11.3 Å². The average Bonchev–Trinajstić information content (AvgIpc) is 2.95. The highest BCUT2D eigenvalue weighted by Crippen LogP contribution is 2.38. The highest BCUT2D eigenvalue weighted by Gasteiger charge is 2.28. The molecule has 1 unspecified atom stereocenters. The molecule has 0 saturated heterocycles. The third kappa shape index (κ3) is 3.79. The highest BCUT2D eigenvalue weighted by atomic mass is 32.1. The van der Waals surface area contributed by atoms with E-state index in [-0.39, 0.29) is 12.1 Å². The zero-order chi connectivity index (χ0) is 14.4. The second kappa shape index (κ2) is 7.74. The topological polar surface area (TPSA) is 48.4 Å². The number of thiazole rings is 1. The lowest BCUT2D eigenvalue weighted by atomic mass is 9.85. The summed E-state index contributed by atoms with van der Waals surface area (Å²) in [6.07, 6.45) is 6.28. The van der Waals surface area contributed by atoms with Gasteiger partial charge < -0.3 is 9.47 Å². The molecule has 1 aliphatic carbocycles. The van der Waals surface area contributed by atoms with Crippen LogP contribution in [0.15, 0.2) is 5.38 Å². The van der Waals surface area contributed by atoms with Crippen LogP contribution in [0.25, 0.3) is 0 Å². The van der Waals surface area contributed by atoms with Crippen molar-refractivity contribution in [1.82, 2.24) is 4.98 Å². The Morgan fingerprint density at radius 2 is 2.10 bits per heavy atom. The van der Waals surface area contributed by atoms with Gasteiger partial charge in [-0.05, 0) is 32.6 Å². The highest BCUT2D eigenvalue weighted by molar-refractivity contribution is 7.09. The summed E-state index contributed by atoms with van der Waals surface area (Å²) in [6.45, 7) is 4.87. The van der Waals surface area contributed by atoms with Gasteiger partial charge in [-0.25, -0.2) is 9.78 Å². The standard InChI is InChI=1S/C15H23NO3S/c1-3-18-13(11-8-6-5-7-9-11)14-16-12(10-20-14)15(17)19-4-2/h10-11,13H,3-9H2,1-2H3. The zero-order valence-corrected chi connectivity index (χ0v) is 13.1. The minimum absolute atomic E-state index is 0.0356. The molecule has 112 valence electrons. The van der Waals surface area contributed by atoms with E-state index in [4.69, 9.17) is 9.47 Å². The van der Waals surface area contributed by atoms with E-state index in [0.717, 1.165) is 5.01 Å². The average molecular weight is 297 g/mol. The smallest absolute Gasteiger partial charge is 0.357 e. The Kier molecular flexibility index (Phi) is 5.98. The van der Waals surface area contributed by atoms with Crippen molar-refractivity contribution in [3.8, 4) is 0 Å². The van der Waals surface area contributed by atoms with E-state index >= 15 is 0 Å². The minimum Gasteiger partial charge on any atom is -0.461 e. The van der Waals surface area contributed by atoms with Gasteiger partial charge in [-0.3, -0.25) is 0 Å². The number of rotatable bonds is 6. The Hall–Kier alpha value is -0.940. The fourth-order valence-electron chi connectivity index (χ4n) is 2.74. The Labute approximate surface area is 124 Å². The van der Waals surface area contributed by atoms with E-state index in [1.165, 1.54) is 43.4 Å². The van der Waals surface area contributed by atoms with Crippen molar-refractivity contribution in [2.45, 2.75) is 52.1 Å². The molecule has 1 aromatic rings. The van der Waals surface area contributed by atoms with Gasteiger partial charge in [0.15, 0.2) is 5.69 Å². The van der Waals surface area contributed by atoms with E-state index in [1.54, 1.807) is 12.3 Å². The second-order valence-corrected chi connectivity index (χ2v) is 5.96. The number of aromatic nitrogens is 1. The van der Waals surface area contributed by atoms with Gasteiger partial charge in [0, 0.05) is 12.0 Å². The molecule has 0 N–H and O–H groups in total. The molecular formula is C15H23NO3S. The van der Waals surface area contributed by atoms with Crippen molar-refractivity contribution in [3.05, 3.63) is 16.1 Å². The number of hydrogen-bond acceptors (Lipinski definition) is 5. The van der Waals surface area contributed by atoms with Crippen molar-refractivity contribution in [3.63, 3.8) is 0 Å². The Bertz CT molecular complexity index is 427. The summed E-state index contributed by atoms with van der Waals surface area (Å²) in [5.74, 6) is 0.193. The molecule has 1 heterocycles. The third-order valence-electron chi connectivity index (χ3n) is 3.67. The first-order chi connectivity index (χ1) is 9.76. The lowest BCUT2D eigenvalue weighted by Gasteiger charge is -2.28. The van der Waals surface area contributed by atoms with Crippen molar-refractivity contribution in [2.75, 3.05) is 13.2 Å². The van der Waals surface area contributed by atoms with Crippen LogP contribution < -0.4 is 0 Å². The van der Waals surface area contributed by atoms with Crippen LogP contribution in [0, 0.1) is 5.92 Å². The van der Waals surface area contributed by atoms with E-state index in [0.29, 0.717) is 24.8 Å². The van der Waals surface area contributed by atoms with E-state index < -0.39 is 0 Å². The summed E-state index contributed by atoms with van der Waals surface area (Å²) in [5, 5.41) is 2.70. The summed E-state index contributed by atoms with van der Waals surface area (Å²) >= 11 is 1.51. The van der Waals surface area contributed by atoms with Gasteiger partial charge in [0.2, 0.25) is 0 Å². The van der Waals surface area contributed by atoms with Crippen LogP contribution in [0.5, 0.6) is 0 Å². The van der Waals surface area contributed by atoms with Gasteiger partial charge in [0.1, 0.15) is 11.1 Å². The lowest BCUT2D eigenvalue weighted by molar-refractivity contribution is 0.00534. The summed E-state index contributed by atoms with van der Waals surface area (Å²) in [5.41, 5.74) is 0.410. The molecule has 1 fully saturated rings. The van der Waals surface area contributed by atoms with Crippen LogP contribution in [0.1, 0.15) is 67.6 Å².